The molecule has 1 atom stereocenters. The van der Waals surface area contributed by atoms with Gasteiger partial charge in [-0.2, -0.15) is 0 Å². The first-order valence-corrected chi connectivity index (χ1v) is 7.29. The molecule has 2 aromatic carbocycles. The van der Waals surface area contributed by atoms with Crippen LogP contribution in [0.25, 0.3) is 0 Å². The summed E-state index contributed by atoms with van der Waals surface area (Å²) in [7, 11) is 0. The lowest BCUT2D eigenvalue weighted by Gasteiger charge is -2.14. The molecular weight excluding hydrogens is 312 g/mol. The van der Waals surface area contributed by atoms with E-state index in [1.165, 1.54) is 6.07 Å². The van der Waals surface area contributed by atoms with Gasteiger partial charge in [0.25, 0.3) is 0 Å². The van der Waals surface area contributed by atoms with Crippen LogP contribution >= 0.6 is 23.2 Å². The number of hydrogen-bond acceptors (Lipinski definition) is 1. The van der Waals surface area contributed by atoms with Crippen LogP contribution in [-0.2, 0) is 11.2 Å². The summed E-state index contributed by atoms with van der Waals surface area (Å²) in [6.45, 7) is 1.70. The molecule has 0 saturated carbocycles. The van der Waals surface area contributed by atoms with Crippen LogP contribution in [0.1, 0.15) is 27.6 Å². The molecule has 0 spiro atoms. The molecule has 0 fully saturated rings. The predicted octanol–water partition coefficient (Wildman–Crippen LogP) is 4.61. The Kier molecular flexibility index (Phi) is 3.64. The molecule has 0 aliphatic carbocycles. The Labute approximate surface area is 131 Å². The molecule has 1 heterocycles. The van der Waals surface area contributed by atoms with Crippen molar-refractivity contribution in [3.05, 3.63) is 63.4 Å². The van der Waals surface area contributed by atoms with Gasteiger partial charge in [-0.3, -0.25) is 4.79 Å². The van der Waals surface area contributed by atoms with Crippen LogP contribution in [0.2, 0.25) is 5.02 Å². The van der Waals surface area contributed by atoms with Gasteiger partial charge < -0.3 is 5.32 Å². The number of carbonyl (C=O) groups excluding carboxylic acids is 1. The molecule has 5 heteroatoms. The van der Waals surface area contributed by atoms with E-state index in [2.05, 4.69) is 5.32 Å². The van der Waals surface area contributed by atoms with Crippen LogP contribution in [0.15, 0.2) is 30.3 Å². The van der Waals surface area contributed by atoms with Crippen molar-refractivity contribution < 1.29 is 9.18 Å². The molecular formula is C16H12Cl2FNO. The highest BCUT2D eigenvalue weighted by Crippen LogP contribution is 2.38. The number of amides is 1. The fourth-order valence-corrected chi connectivity index (χ4v) is 3.05. The topological polar surface area (TPSA) is 29.1 Å². The second-order valence-electron chi connectivity index (χ2n) is 5.13. The second-order valence-corrected chi connectivity index (χ2v) is 5.97. The van der Waals surface area contributed by atoms with Crippen LogP contribution in [0.5, 0.6) is 0 Å². The standard InChI is InChI=1S/C16H12Cl2FNO/c1-8-2-3-9(5-13(8)19)16(18)11-4-10-6-15(21)20-14(10)7-12(11)17/h2-5,7,16H,6H2,1H3,(H,20,21). The molecule has 1 aliphatic rings. The fraction of sp³-hybridized carbons (Fsp3) is 0.188. The van der Waals surface area contributed by atoms with Gasteiger partial charge in [0.15, 0.2) is 0 Å². The minimum atomic E-state index is -0.561. The maximum Gasteiger partial charge on any atom is 0.228 e. The molecule has 0 bridgehead atoms. The third kappa shape index (κ3) is 2.63. The fourth-order valence-electron chi connectivity index (χ4n) is 2.41. The maximum absolute atomic E-state index is 13.7. The maximum atomic E-state index is 13.7. The molecule has 108 valence electrons. The molecule has 3 rings (SSSR count). The highest BCUT2D eigenvalue weighted by atomic mass is 35.5. The normalized spacial score (nSPS) is 14.8. The molecule has 1 unspecified atom stereocenters. The van der Waals surface area contributed by atoms with Crippen LogP contribution < -0.4 is 5.32 Å². The first-order chi connectivity index (χ1) is 9.95. The van der Waals surface area contributed by atoms with Crippen molar-refractivity contribution in [2.45, 2.75) is 18.7 Å². The number of nitrogens with one attached hydrogen (secondary N) is 1. The first-order valence-electron chi connectivity index (χ1n) is 6.48. The summed E-state index contributed by atoms with van der Waals surface area (Å²) >= 11 is 12.7. The van der Waals surface area contributed by atoms with Gasteiger partial charge >= 0.3 is 0 Å². The Morgan fingerprint density at radius 2 is 2.05 bits per heavy atom. The van der Waals surface area contributed by atoms with Gasteiger partial charge in [-0.15, -0.1) is 11.6 Å². The zero-order valence-electron chi connectivity index (χ0n) is 11.2. The van der Waals surface area contributed by atoms with Crippen LogP contribution in [0.4, 0.5) is 10.1 Å². The summed E-state index contributed by atoms with van der Waals surface area (Å²) in [4.78, 5) is 11.4. The Morgan fingerprint density at radius 3 is 2.76 bits per heavy atom. The zero-order valence-corrected chi connectivity index (χ0v) is 12.7. The number of rotatable bonds is 2. The van der Waals surface area contributed by atoms with E-state index < -0.39 is 5.38 Å². The van der Waals surface area contributed by atoms with E-state index in [4.69, 9.17) is 23.2 Å². The van der Waals surface area contributed by atoms with Crippen LogP contribution in [0, 0.1) is 12.7 Å². The van der Waals surface area contributed by atoms with E-state index in [0.29, 0.717) is 33.8 Å². The molecule has 0 radical (unpaired) electrons. The quantitative estimate of drug-likeness (QED) is 0.803. The Morgan fingerprint density at radius 1 is 1.29 bits per heavy atom. The van der Waals surface area contributed by atoms with E-state index >= 15 is 0 Å². The lowest BCUT2D eigenvalue weighted by atomic mass is 10.00. The number of hydrogen-bond donors (Lipinski definition) is 1. The number of aryl methyl sites for hydroxylation is 1. The number of benzene rings is 2. The third-order valence-electron chi connectivity index (χ3n) is 3.61. The molecule has 0 aromatic heterocycles. The second kappa shape index (κ2) is 5.32. The third-order valence-corrected chi connectivity index (χ3v) is 4.42. The Balaban J connectivity index is 2.02. The first kappa shape index (κ1) is 14.4. The SMILES string of the molecule is Cc1ccc(C(Cl)c2cc3c(cc2Cl)NC(=O)C3)cc1F. The van der Waals surface area contributed by atoms with Crippen molar-refractivity contribution in [3.63, 3.8) is 0 Å². The molecule has 1 aliphatic heterocycles. The summed E-state index contributed by atoms with van der Waals surface area (Å²) in [5, 5.41) is 2.63. The molecule has 1 N–H and O–H groups in total. The highest BCUT2D eigenvalue weighted by molar-refractivity contribution is 6.33. The predicted molar refractivity (Wildman–Crippen MR) is 82.6 cm³/mol. The summed E-state index contributed by atoms with van der Waals surface area (Å²) in [6.07, 6.45) is 0.311. The zero-order chi connectivity index (χ0) is 15.1. The number of anilines is 1. The van der Waals surface area contributed by atoms with Crippen molar-refractivity contribution in [2.24, 2.45) is 0 Å². The number of halogens is 3. The largest absolute Gasteiger partial charge is 0.325 e. The summed E-state index contributed by atoms with van der Waals surface area (Å²) < 4.78 is 13.7. The van der Waals surface area contributed by atoms with Gasteiger partial charge in [0, 0.05) is 10.7 Å². The van der Waals surface area contributed by atoms with Gasteiger partial charge in [-0.25, -0.2) is 4.39 Å². The van der Waals surface area contributed by atoms with Crippen LogP contribution in [0.3, 0.4) is 0 Å². The average Bonchev–Trinajstić information content (AvgIpc) is 2.79. The van der Waals surface area contributed by atoms with Crippen molar-refractivity contribution >= 4 is 34.8 Å². The van der Waals surface area contributed by atoms with Crippen molar-refractivity contribution in [2.75, 3.05) is 5.32 Å². The highest BCUT2D eigenvalue weighted by Gasteiger charge is 2.23. The number of alkyl halides is 1. The van der Waals surface area contributed by atoms with Crippen molar-refractivity contribution in [1.82, 2.24) is 0 Å². The van der Waals surface area contributed by atoms with E-state index in [-0.39, 0.29) is 11.7 Å². The van der Waals surface area contributed by atoms with E-state index in [1.807, 2.05) is 6.07 Å². The van der Waals surface area contributed by atoms with Gasteiger partial charge in [-0.1, -0.05) is 23.7 Å². The Hall–Kier alpha value is -1.58. The van der Waals surface area contributed by atoms with Gasteiger partial charge in [0.05, 0.1) is 11.8 Å². The summed E-state index contributed by atoms with van der Waals surface area (Å²) in [5.41, 5.74) is 3.46. The van der Waals surface area contributed by atoms with Crippen molar-refractivity contribution in [1.29, 1.82) is 0 Å². The smallest absolute Gasteiger partial charge is 0.228 e. The molecule has 1 amide bonds. The minimum absolute atomic E-state index is 0.0641. The number of carbonyl (C=O) groups is 1. The minimum Gasteiger partial charge on any atom is -0.325 e. The lowest BCUT2D eigenvalue weighted by Crippen LogP contribution is -2.03. The molecule has 21 heavy (non-hydrogen) atoms. The molecule has 0 saturated heterocycles. The summed E-state index contributed by atoms with van der Waals surface area (Å²) in [6, 6.07) is 8.39. The van der Waals surface area contributed by atoms with Gasteiger partial charge in [0.2, 0.25) is 5.91 Å². The van der Waals surface area contributed by atoms with Crippen molar-refractivity contribution in [3.8, 4) is 0 Å². The Bertz CT molecular complexity index is 745. The van der Waals surface area contributed by atoms with E-state index in [0.717, 1.165) is 5.56 Å². The van der Waals surface area contributed by atoms with Gasteiger partial charge in [-0.05, 0) is 47.4 Å². The van der Waals surface area contributed by atoms with E-state index in [1.54, 1.807) is 25.1 Å². The average molecular weight is 324 g/mol. The van der Waals surface area contributed by atoms with Gasteiger partial charge in [0.1, 0.15) is 5.82 Å². The summed E-state index contributed by atoms with van der Waals surface area (Å²) in [5.74, 6) is -0.363. The molecule has 2 nitrogen and oxygen atoms in total. The van der Waals surface area contributed by atoms with Crippen LogP contribution in [-0.4, -0.2) is 5.91 Å². The van der Waals surface area contributed by atoms with E-state index in [9.17, 15) is 9.18 Å². The monoisotopic (exact) mass is 323 g/mol. The lowest BCUT2D eigenvalue weighted by molar-refractivity contribution is -0.115. The molecule has 2 aromatic rings. The number of fused-ring (bicyclic) bond motifs is 1.